The van der Waals surface area contributed by atoms with Crippen LogP contribution in [0.5, 0.6) is 0 Å². The molecule has 0 saturated heterocycles. The quantitative estimate of drug-likeness (QED) is 0.727. The monoisotopic (exact) mass is 339 g/mol. The van der Waals surface area contributed by atoms with Crippen molar-refractivity contribution in [1.82, 2.24) is 9.97 Å². The summed E-state index contributed by atoms with van der Waals surface area (Å²) < 4.78 is 0. The normalized spacial score (nSPS) is 20.5. The Morgan fingerprint density at radius 1 is 1.12 bits per heavy atom. The minimum Gasteiger partial charge on any atom is -0.396 e. The van der Waals surface area contributed by atoms with Crippen LogP contribution in [-0.2, 0) is 0 Å². The molecule has 5 heteroatoms. The van der Waals surface area contributed by atoms with E-state index in [1.54, 1.807) is 11.3 Å². The van der Waals surface area contributed by atoms with Crippen LogP contribution in [0.15, 0.2) is 41.8 Å². The molecule has 2 heterocycles. The lowest BCUT2D eigenvalue weighted by molar-refractivity contribution is 0.254. The summed E-state index contributed by atoms with van der Waals surface area (Å²) in [6.07, 6.45) is 4.39. The van der Waals surface area contributed by atoms with Gasteiger partial charge in [0.1, 0.15) is 5.82 Å². The van der Waals surface area contributed by atoms with Crippen LogP contribution in [0, 0.1) is 5.92 Å². The molecule has 1 saturated carbocycles. The molecule has 3 aromatic rings. The molecule has 2 N–H and O–H groups in total. The Labute approximate surface area is 145 Å². The second-order valence-corrected chi connectivity index (χ2v) is 7.29. The smallest absolute Gasteiger partial charge is 0.172 e. The number of aliphatic hydroxyl groups is 1. The zero-order chi connectivity index (χ0) is 16.4. The van der Waals surface area contributed by atoms with Crippen molar-refractivity contribution in [3.8, 4) is 10.7 Å². The molecule has 0 amide bonds. The van der Waals surface area contributed by atoms with E-state index >= 15 is 0 Å². The molecule has 124 valence electrons. The van der Waals surface area contributed by atoms with E-state index in [2.05, 4.69) is 22.8 Å². The summed E-state index contributed by atoms with van der Waals surface area (Å²) in [5, 5.41) is 16.1. The van der Waals surface area contributed by atoms with Crippen molar-refractivity contribution in [3.05, 3.63) is 41.8 Å². The average Bonchev–Trinajstić information content (AvgIpc) is 3.28. The van der Waals surface area contributed by atoms with Gasteiger partial charge in [-0.2, -0.15) is 0 Å². The van der Waals surface area contributed by atoms with Gasteiger partial charge in [-0.05, 0) is 48.8 Å². The van der Waals surface area contributed by atoms with Crippen molar-refractivity contribution >= 4 is 28.1 Å². The molecule has 0 radical (unpaired) electrons. The highest BCUT2D eigenvalue weighted by atomic mass is 32.1. The topological polar surface area (TPSA) is 58.0 Å². The Balaban J connectivity index is 1.73. The molecule has 0 spiro atoms. The zero-order valence-corrected chi connectivity index (χ0v) is 14.3. The number of nitrogens with one attached hydrogen (secondary N) is 1. The molecule has 1 aromatic carbocycles. The van der Waals surface area contributed by atoms with Crippen LogP contribution in [0.2, 0.25) is 0 Å². The number of thiophene rings is 1. The molecule has 0 bridgehead atoms. The minimum atomic E-state index is 0.258. The largest absolute Gasteiger partial charge is 0.396 e. The molecule has 1 fully saturated rings. The maximum Gasteiger partial charge on any atom is 0.172 e. The Hall–Kier alpha value is -1.98. The van der Waals surface area contributed by atoms with E-state index in [4.69, 9.17) is 9.97 Å². The third-order valence-corrected chi connectivity index (χ3v) is 5.69. The molecule has 2 atom stereocenters. The van der Waals surface area contributed by atoms with Gasteiger partial charge >= 0.3 is 0 Å². The standard InChI is InChI=1S/C19H21N3OS/c23-11-10-13-5-3-8-15(13)20-18-14-6-1-2-7-16(14)21-19(22-18)17-9-4-12-24-17/h1-2,4,6-7,9,12-13,15,23H,3,5,8,10-11H2,(H,20,21,22). The van der Waals surface area contributed by atoms with Crippen LogP contribution in [-0.4, -0.2) is 27.7 Å². The van der Waals surface area contributed by atoms with Crippen molar-refractivity contribution < 1.29 is 5.11 Å². The predicted octanol–water partition coefficient (Wildman–Crippen LogP) is 4.32. The first kappa shape index (κ1) is 15.5. The first-order chi connectivity index (χ1) is 11.8. The Bertz CT molecular complexity index is 819. The summed E-state index contributed by atoms with van der Waals surface area (Å²) in [6.45, 7) is 0.258. The second kappa shape index (κ2) is 6.87. The molecular weight excluding hydrogens is 318 g/mol. The lowest BCUT2D eigenvalue weighted by Gasteiger charge is -2.22. The van der Waals surface area contributed by atoms with E-state index in [9.17, 15) is 5.11 Å². The van der Waals surface area contributed by atoms with Gasteiger partial charge in [0.15, 0.2) is 5.82 Å². The molecule has 2 aromatic heterocycles. The molecule has 4 nitrogen and oxygen atoms in total. The van der Waals surface area contributed by atoms with Gasteiger partial charge in [0.25, 0.3) is 0 Å². The van der Waals surface area contributed by atoms with Gasteiger partial charge in [-0.15, -0.1) is 11.3 Å². The Morgan fingerprint density at radius 2 is 2.04 bits per heavy atom. The van der Waals surface area contributed by atoms with Crippen molar-refractivity contribution in [1.29, 1.82) is 0 Å². The molecule has 2 unspecified atom stereocenters. The maximum atomic E-state index is 9.30. The Kier molecular flexibility index (Phi) is 4.45. The fourth-order valence-electron chi connectivity index (χ4n) is 3.62. The summed E-state index contributed by atoms with van der Waals surface area (Å²) in [7, 11) is 0. The number of aromatic nitrogens is 2. The number of nitrogens with zero attached hydrogens (tertiary/aromatic N) is 2. The van der Waals surface area contributed by atoms with Crippen molar-refractivity contribution in [2.45, 2.75) is 31.7 Å². The average molecular weight is 339 g/mol. The molecule has 0 aliphatic heterocycles. The molecule has 1 aliphatic rings. The number of para-hydroxylation sites is 1. The van der Waals surface area contributed by atoms with Gasteiger partial charge < -0.3 is 10.4 Å². The van der Waals surface area contributed by atoms with E-state index in [-0.39, 0.29) is 6.61 Å². The molecular formula is C19H21N3OS. The third-order valence-electron chi connectivity index (χ3n) is 4.83. The van der Waals surface area contributed by atoms with Crippen molar-refractivity contribution in [3.63, 3.8) is 0 Å². The van der Waals surface area contributed by atoms with E-state index in [0.717, 1.165) is 40.3 Å². The van der Waals surface area contributed by atoms with E-state index in [1.165, 1.54) is 12.8 Å². The molecule has 1 aliphatic carbocycles. The number of fused-ring (bicyclic) bond motifs is 1. The second-order valence-electron chi connectivity index (χ2n) is 6.34. The van der Waals surface area contributed by atoms with Crippen LogP contribution in [0.1, 0.15) is 25.7 Å². The first-order valence-corrected chi connectivity index (χ1v) is 9.41. The zero-order valence-electron chi connectivity index (χ0n) is 13.5. The van der Waals surface area contributed by atoms with Crippen molar-refractivity contribution in [2.24, 2.45) is 5.92 Å². The summed E-state index contributed by atoms with van der Waals surface area (Å²) in [5.74, 6) is 2.22. The molecule has 24 heavy (non-hydrogen) atoms. The third kappa shape index (κ3) is 3.01. The van der Waals surface area contributed by atoms with Gasteiger partial charge in [-0.3, -0.25) is 0 Å². The predicted molar refractivity (Wildman–Crippen MR) is 99.3 cm³/mol. The van der Waals surface area contributed by atoms with Crippen LogP contribution in [0.25, 0.3) is 21.6 Å². The van der Waals surface area contributed by atoms with E-state index < -0.39 is 0 Å². The van der Waals surface area contributed by atoms with Crippen LogP contribution in [0.3, 0.4) is 0 Å². The van der Waals surface area contributed by atoms with E-state index in [1.807, 2.05) is 24.3 Å². The fraction of sp³-hybridized carbons (Fsp3) is 0.368. The van der Waals surface area contributed by atoms with Crippen LogP contribution in [0.4, 0.5) is 5.82 Å². The minimum absolute atomic E-state index is 0.258. The highest BCUT2D eigenvalue weighted by Gasteiger charge is 2.27. The van der Waals surface area contributed by atoms with E-state index in [0.29, 0.717) is 12.0 Å². The highest BCUT2D eigenvalue weighted by Crippen LogP contribution is 2.33. The fourth-order valence-corrected chi connectivity index (χ4v) is 4.27. The number of benzene rings is 1. The number of rotatable bonds is 5. The summed E-state index contributed by atoms with van der Waals surface area (Å²) in [4.78, 5) is 10.6. The van der Waals surface area contributed by atoms with Gasteiger partial charge in [0.05, 0.1) is 10.4 Å². The SMILES string of the molecule is OCCC1CCCC1Nc1nc(-c2cccs2)nc2ccccc12. The number of hydrogen-bond donors (Lipinski definition) is 2. The summed E-state index contributed by atoms with van der Waals surface area (Å²) in [6, 6.07) is 12.6. The highest BCUT2D eigenvalue weighted by molar-refractivity contribution is 7.13. The van der Waals surface area contributed by atoms with Crippen LogP contribution >= 0.6 is 11.3 Å². The van der Waals surface area contributed by atoms with Gasteiger partial charge in [0, 0.05) is 18.0 Å². The summed E-state index contributed by atoms with van der Waals surface area (Å²) >= 11 is 1.66. The van der Waals surface area contributed by atoms with Crippen LogP contribution < -0.4 is 5.32 Å². The number of anilines is 1. The number of aliphatic hydroxyl groups excluding tert-OH is 1. The van der Waals surface area contributed by atoms with Crippen molar-refractivity contribution in [2.75, 3.05) is 11.9 Å². The van der Waals surface area contributed by atoms with Gasteiger partial charge in [0.2, 0.25) is 0 Å². The van der Waals surface area contributed by atoms with Gasteiger partial charge in [-0.1, -0.05) is 24.6 Å². The summed E-state index contributed by atoms with van der Waals surface area (Å²) in [5.41, 5.74) is 0.968. The first-order valence-electron chi connectivity index (χ1n) is 8.53. The Morgan fingerprint density at radius 3 is 2.88 bits per heavy atom. The molecule has 4 rings (SSSR count). The maximum absolute atomic E-state index is 9.30. The van der Waals surface area contributed by atoms with Gasteiger partial charge in [-0.25, -0.2) is 9.97 Å². The number of hydrogen-bond acceptors (Lipinski definition) is 5. The lowest BCUT2D eigenvalue weighted by Crippen LogP contribution is -2.25. The lowest BCUT2D eigenvalue weighted by atomic mass is 10.00.